The van der Waals surface area contributed by atoms with Crippen molar-refractivity contribution < 1.29 is 9.72 Å². The third kappa shape index (κ3) is 4.59. The Kier molecular flexibility index (Phi) is 6.13. The molecule has 0 saturated heterocycles. The monoisotopic (exact) mass is 342 g/mol. The molecule has 1 amide bonds. The molecular formula is C14H19BrN2O3. The quantitative estimate of drug-likeness (QED) is 0.489. The van der Waals surface area contributed by atoms with E-state index in [1.807, 2.05) is 0 Å². The Morgan fingerprint density at radius 1 is 1.45 bits per heavy atom. The number of alkyl halides is 1. The molecule has 1 N–H and O–H groups in total. The second-order valence-corrected chi connectivity index (χ2v) is 5.86. The minimum Gasteiger partial charge on any atom is -0.348 e. The molecule has 0 bridgehead atoms. The van der Waals surface area contributed by atoms with Crippen LogP contribution in [0.3, 0.4) is 0 Å². The van der Waals surface area contributed by atoms with E-state index in [0.29, 0.717) is 16.8 Å². The van der Waals surface area contributed by atoms with Gasteiger partial charge in [-0.1, -0.05) is 35.8 Å². The molecule has 0 spiro atoms. The number of hydrogen-bond acceptors (Lipinski definition) is 3. The van der Waals surface area contributed by atoms with Gasteiger partial charge < -0.3 is 5.32 Å². The smallest absolute Gasteiger partial charge is 0.270 e. The van der Waals surface area contributed by atoms with Gasteiger partial charge in [0, 0.05) is 29.1 Å². The van der Waals surface area contributed by atoms with Crippen molar-refractivity contribution >= 4 is 27.5 Å². The predicted octanol–water partition coefficient (Wildman–Crippen LogP) is 3.44. The van der Waals surface area contributed by atoms with E-state index < -0.39 is 4.92 Å². The summed E-state index contributed by atoms with van der Waals surface area (Å²) >= 11 is 3.38. The lowest BCUT2D eigenvalue weighted by atomic mass is 10.0. The average Bonchev–Trinajstić information content (AvgIpc) is 2.37. The number of benzene rings is 1. The number of non-ortho nitro benzene ring substituents is 1. The summed E-state index contributed by atoms with van der Waals surface area (Å²) in [5.74, 6) is 0.195. The van der Waals surface area contributed by atoms with Gasteiger partial charge in [0.2, 0.25) is 0 Å². The summed E-state index contributed by atoms with van der Waals surface area (Å²) in [6.45, 7) is 5.94. The Balaban J connectivity index is 2.91. The van der Waals surface area contributed by atoms with Gasteiger partial charge in [-0.05, 0) is 24.8 Å². The summed E-state index contributed by atoms with van der Waals surface area (Å²) in [6.07, 6.45) is 0.852. The predicted molar refractivity (Wildman–Crippen MR) is 82.3 cm³/mol. The number of amides is 1. The molecule has 110 valence electrons. The van der Waals surface area contributed by atoms with Gasteiger partial charge in [0.15, 0.2) is 0 Å². The molecule has 0 heterocycles. The number of aryl methyl sites for hydroxylation is 1. The standard InChI is InChI=1S/C14H19BrN2O3/c1-9(2)6-11(8-15)16-14(18)13-7-12(17(19)20)5-4-10(13)3/h4-5,7,9,11H,6,8H2,1-3H3,(H,16,18). The normalized spacial score (nSPS) is 12.2. The third-order valence-electron chi connectivity index (χ3n) is 2.95. The largest absolute Gasteiger partial charge is 0.348 e. The number of rotatable bonds is 6. The Hall–Kier alpha value is -1.43. The van der Waals surface area contributed by atoms with Gasteiger partial charge >= 0.3 is 0 Å². The van der Waals surface area contributed by atoms with E-state index in [1.165, 1.54) is 12.1 Å². The fourth-order valence-electron chi connectivity index (χ4n) is 1.96. The van der Waals surface area contributed by atoms with Crippen LogP contribution < -0.4 is 5.32 Å². The van der Waals surface area contributed by atoms with Crippen LogP contribution in [-0.2, 0) is 0 Å². The highest BCUT2D eigenvalue weighted by atomic mass is 79.9. The maximum absolute atomic E-state index is 12.2. The second kappa shape index (κ2) is 7.38. The highest BCUT2D eigenvalue weighted by molar-refractivity contribution is 9.09. The van der Waals surface area contributed by atoms with Crippen LogP contribution in [0.1, 0.15) is 36.2 Å². The molecule has 1 rings (SSSR count). The summed E-state index contributed by atoms with van der Waals surface area (Å²) < 4.78 is 0. The Morgan fingerprint density at radius 2 is 2.10 bits per heavy atom. The van der Waals surface area contributed by atoms with Crippen LogP contribution >= 0.6 is 15.9 Å². The SMILES string of the molecule is Cc1ccc([N+](=O)[O-])cc1C(=O)NC(CBr)CC(C)C. The van der Waals surface area contributed by atoms with Gasteiger partial charge in [0.25, 0.3) is 11.6 Å². The van der Waals surface area contributed by atoms with Crippen LogP contribution in [0.2, 0.25) is 0 Å². The molecule has 20 heavy (non-hydrogen) atoms. The molecule has 0 saturated carbocycles. The number of carbonyl (C=O) groups excluding carboxylic acids is 1. The molecule has 0 aliphatic heterocycles. The van der Waals surface area contributed by atoms with Crippen LogP contribution in [0.5, 0.6) is 0 Å². The van der Waals surface area contributed by atoms with Gasteiger partial charge in [-0.25, -0.2) is 0 Å². The van der Waals surface area contributed by atoms with E-state index >= 15 is 0 Å². The number of nitrogens with one attached hydrogen (secondary N) is 1. The molecule has 0 aliphatic rings. The molecule has 0 aliphatic carbocycles. The number of nitro groups is 1. The fourth-order valence-corrected chi connectivity index (χ4v) is 2.39. The molecule has 0 aromatic heterocycles. The van der Waals surface area contributed by atoms with Crippen LogP contribution in [0.25, 0.3) is 0 Å². The third-order valence-corrected chi connectivity index (χ3v) is 3.74. The summed E-state index contributed by atoms with van der Waals surface area (Å²) in [5.41, 5.74) is 1.01. The minimum atomic E-state index is -0.494. The first-order chi connectivity index (χ1) is 9.35. The van der Waals surface area contributed by atoms with E-state index in [-0.39, 0.29) is 17.6 Å². The van der Waals surface area contributed by atoms with Crippen molar-refractivity contribution in [3.8, 4) is 0 Å². The number of hydrogen-bond donors (Lipinski definition) is 1. The molecule has 0 fully saturated rings. The van der Waals surface area contributed by atoms with Crippen molar-refractivity contribution in [3.05, 3.63) is 39.4 Å². The zero-order valence-electron chi connectivity index (χ0n) is 11.9. The maximum Gasteiger partial charge on any atom is 0.270 e. The zero-order chi connectivity index (χ0) is 15.3. The summed E-state index contributed by atoms with van der Waals surface area (Å²) in [7, 11) is 0. The number of halogens is 1. The van der Waals surface area contributed by atoms with Crippen LogP contribution in [0.15, 0.2) is 18.2 Å². The van der Waals surface area contributed by atoms with Gasteiger partial charge in [0.05, 0.1) is 4.92 Å². The average molecular weight is 343 g/mol. The van der Waals surface area contributed by atoms with E-state index in [0.717, 1.165) is 12.0 Å². The lowest BCUT2D eigenvalue weighted by Gasteiger charge is -2.18. The maximum atomic E-state index is 12.2. The van der Waals surface area contributed by atoms with Crippen molar-refractivity contribution in [2.45, 2.75) is 33.2 Å². The first-order valence-corrected chi connectivity index (χ1v) is 7.59. The van der Waals surface area contributed by atoms with Crippen molar-refractivity contribution in [2.24, 2.45) is 5.92 Å². The van der Waals surface area contributed by atoms with Gasteiger partial charge in [0.1, 0.15) is 0 Å². The Bertz CT molecular complexity index is 503. The highest BCUT2D eigenvalue weighted by Gasteiger charge is 2.18. The fraction of sp³-hybridized carbons (Fsp3) is 0.500. The minimum absolute atomic E-state index is 0.0150. The van der Waals surface area contributed by atoms with Gasteiger partial charge in [-0.15, -0.1) is 0 Å². The molecule has 1 aromatic carbocycles. The topological polar surface area (TPSA) is 72.2 Å². The van der Waals surface area contributed by atoms with Gasteiger partial charge in [-0.3, -0.25) is 14.9 Å². The molecule has 1 atom stereocenters. The summed E-state index contributed by atoms with van der Waals surface area (Å²) in [5, 5.41) is 14.3. The van der Waals surface area contributed by atoms with E-state index in [1.54, 1.807) is 13.0 Å². The van der Waals surface area contributed by atoms with Crippen LogP contribution in [-0.4, -0.2) is 22.2 Å². The molecular weight excluding hydrogens is 324 g/mol. The number of carbonyl (C=O) groups is 1. The van der Waals surface area contributed by atoms with Crippen molar-refractivity contribution in [2.75, 3.05) is 5.33 Å². The highest BCUT2D eigenvalue weighted by Crippen LogP contribution is 2.18. The van der Waals surface area contributed by atoms with Crippen molar-refractivity contribution in [1.29, 1.82) is 0 Å². The lowest BCUT2D eigenvalue weighted by molar-refractivity contribution is -0.384. The summed E-state index contributed by atoms with van der Waals surface area (Å²) in [6, 6.07) is 4.34. The number of nitro benzene ring substituents is 1. The van der Waals surface area contributed by atoms with Gasteiger partial charge in [-0.2, -0.15) is 0 Å². The molecule has 1 unspecified atom stereocenters. The molecule has 5 nitrogen and oxygen atoms in total. The van der Waals surface area contributed by atoms with Crippen molar-refractivity contribution in [3.63, 3.8) is 0 Å². The Morgan fingerprint density at radius 3 is 2.60 bits per heavy atom. The zero-order valence-corrected chi connectivity index (χ0v) is 13.4. The number of nitrogens with zero attached hydrogens (tertiary/aromatic N) is 1. The van der Waals surface area contributed by atoms with Crippen LogP contribution in [0, 0.1) is 23.0 Å². The first kappa shape index (κ1) is 16.6. The first-order valence-electron chi connectivity index (χ1n) is 6.47. The Labute approximate surface area is 127 Å². The summed E-state index contributed by atoms with van der Waals surface area (Å²) in [4.78, 5) is 22.5. The molecule has 6 heteroatoms. The lowest BCUT2D eigenvalue weighted by Crippen LogP contribution is -2.37. The van der Waals surface area contributed by atoms with Crippen LogP contribution in [0.4, 0.5) is 5.69 Å². The van der Waals surface area contributed by atoms with E-state index in [9.17, 15) is 14.9 Å². The molecule has 0 radical (unpaired) electrons. The van der Waals surface area contributed by atoms with Crippen molar-refractivity contribution in [1.82, 2.24) is 5.32 Å². The van der Waals surface area contributed by atoms with E-state index in [4.69, 9.17) is 0 Å². The second-order valence-electron chi connectivity index (χ2n) is 5.21. The van der Waals surface area contributed by atoms with E-state index in [2.05, 4.69) is 35.1 Å². The molecule has 1 aromatic rings.